The summed E-state index contributed by atoms with van der Waals surface area (Å²) in [6.07, 6.45) is -10.3. The highest BCUT2D eigenvalue weighted by Crippen LogP contribution is 2.41. The minimum Gasteiger partial charge on any atom is -0.457 e. The van der Waals surface area contributed by atoms with Crippen molar-refractivity contribution in [2.45, 2.75) is 43.3 Å². The molecule has 0 radical (unpaired) electrons. The minimum atomic E-state index is -4.94. The van der Waals surface area contributed by atoms with Crippen LogP contribution < -0.4 is 10.1 Å². The van der Waals surface area contributed by atoms with Gasteiger partial charge in [-0.15, -0.1) is 0 Å². The largest absolute Gasteiger partial charge is 0.457 e. The first-order valence-corrected chi connectivity index (χ1v) is 11.1. The molecule has 1 aliphatic carbocycles. The molecule has 1 saturated carbocycles. The fourth-order valence-corrected chi connectivity index (χ4v) is 3.83. The van der Waals surface area contributed by atoms with Gasteiger partial charge >= 0.3 is 12.4 Å². The Morgan fingerprint density at radius 3 is 2.17 bits per heavy atom. The molecule has 192 valence electrons. The van der Waals surface area contributed by atoms with Gasteiger partial charge in [-0.3, -0.25) is 0 Å². The van der Waals surface area contributed by atoms with Gasteiger partial charge in [0.1, 0.15) is 17.3 Å². The molecule has 36 heavy (non-hydrogen) atoms. The summed E-state index contributed by atoms with van der Waals surface area (Å²) in [5, 5.41) is 11.9. The summed E-state index contributed by atoms with van der Waals surface area (Å²) in [6.45, 7) is -1.01. The topological polar surface area (TPSA) is 41.5 Å². The van der Waals surface area contributed by atoms with E-state index >= 15 is 0 Å². The second-order valence-electron chi connectivity index (χ2n) is 8.65. The van der Waals surface area contributed by atoms with Gasteiger partial charge in [0.05, 0.1) is 11.6 Å². The Kier molecular flexibility index (Phi) is 7.28. The maximum atomic E-state index is 14.8. The van der Waals surface area contributed by atoms with Crippen LogP contribution in [0.5, 0.6) is 11.5 Å². The lowest BCUT2D eigenvalue weighted by Gasteiger charge is -2.24. The molecule has 4 rings (SSSR count). The Balaban J connectivity index is 1.64. The van der Waals surface area contributed by atoms with Gasteiger partial charge in [-0.1, -0.05) is 30.3 Å². The van der Waals surface area contributed by atoms with E-state index in [2.05, 4.69) is 5.32 Å². The molecule has 0 bridgehead atoms. The van der Waals surface area contributed by atoms with Crippen LogP contribution in [0.4, 0.5) is 30.7 Å². The lowest BCUT2D eigenvalue weighted by molar-refractivity contribution is -0.202. The highest BCUT2D eigenvalue weighted by atomic mass is 19.4. The number of alkyl halides is 6. The van der Waals surface area contributed by atoms with E-state index in [0.717, 1.165) is 24.5 Å². The average molecular weight is 513 g/mol. The van der Waals surface area contributed by atoms with E-state index in [1.807, 2.05) is 18.2 Å². The van der Waals surface area contributed by atoms with Crippen molar-refractivity contribution in [2.75, 3.05) is 6.54 Å². The van der Waals surface area contributed by atoms with Crippen LogP contribution in [0.15, 0.2) is 66.7 Å². The van der Waals surface area contributed by atoms with E-state index in [0.29, 0.717) is 23.5 Å². The molecular weight excluding hydrogens is 491 g/mol. The fraction of sp³-hybridized carbons (Fsp3) is 0.308. The number of hydrogen-bond acceptors (Lipinski definition) is 3. The Morgan fingerprint density at radius 2 is 1.56 bits per heavy atom. The lowest BCUT2D eigenvalue weighted by Crippen LogP contribution is -2.40. The van der Waals surface area contributed by atoms with Gasteiger partial charge in [-0.25, -0.2) is 4.39 Å². The molecule has 3 aromatic rings. The Labute approximate surface area is 202 Å². The zero-order chi connectivity index (χ0) is 26.1. The molecule has 3 aromatic carbocycles. The Hall–Kier alpha value is -3.11. The van der Waals surface area contributed by atoms with E-state index in [1.165, 1.54) is 18.2 Å². The summed E-state index contributed by atoms with van der Waals surface area (Å²) < 4.78 is 98.2. The molecule has 0 aliphatic heterocycles. The first-order chi connectivity index (χ1) is 16.9. The van der Waals surface area contributed by atoms with Gasteiger partial charge in [0.15, 0.2) is 6.10 Å². The Bertz CT molecular complexity index is 1210. The van der Waals surface area contributed by atoms with Gasteiger partial charge in [-0.2, -0.15) is 26.3 Å². The molecule has 0 spiro atoms. The zero-order valence-electron chi connectivity index (χ0n) is 18.7. The number of ether oxygens (including phenoxy) is 1. The number of hydrogen-bond donors (Lipinski definition) is 2. The van der Waals surface area contributed by atoms with Gasteiger partial charge in [0.2, 0.25) is 0 Å². The van der Waals surface area contributed by atoms with Crippen molar-refractivity contribution in [3.63, 3.8) is 0 Å². The van der Waals surface area contributed by atoms with Crippen LogP contribution in [0.3, 0.4) is 0 Å². The molecule has 1 aliphatic rings. The standard InChI is InChI=1S/C26H22F7NO2/c27-22-13-18(25(28,29)30)9-10-21(22)24(34-14-23(35)26(31,32)33)17-4-2-6-20(12-17)36-19-5-1-3-16(11-19)15-7-8-15/h1-6,9-13,15,23-24,34-35H,7-8,14H2/t23-,24?/m1/s1. The third-order valence-electron chi connectivity index (χ3n) is 5.87. The second kappa shape index (κ2) is 10.1. The van der Waals surface area contributed by atoms with E-state index < -0.39 is 42.4 Å². The first-order valence-electron chi connectivity index (χ1n) is 11.1. The highest BCUT2D eigenvalue weighted by molar-refractivity contribution is 5.41. The van der Waals surface area contributed by atoms with E-state index in [1.54, 1.807) is 12.1 Å². The predicted octanol–water partition coefficient (Wildman–Crippen LogP) is 7.12. The molecule has 2 N–H and O–H groups in total. The van der Waals surface area contributed by atoms with Crippen molar-refractivity contribution < 1.29 is 40.6 Å². The SMILES string of the molecule is O[C@H](CNC(c1cccc(Oc2cccc(C3CC3)c2)c1)c1ccc(C(F)(F)F)cc1F)C(F)(F)F. The van der Waals surface area contributed by atoms with Gasteiger partial charge in [-0.05, 0) is 66.3 Å². The van der Waals surface area contributed by atoms with Crippen LogP contribution in [0.1, 0.15) is 47.1 Å². The summed E-state index contributed by atoms with van der Waals surface area (Å²) >= 11 is 0. The van der Waals surface area contributed by atoms with Gasteiger partial charge < -0.3 is 15.2 Å². The van der Waals surface area contributed by atoms with Crippen molar-refractivity contribution in [2.24, 2.45) is 0 Å². The number of benzene rings is 3. The van der Waals surface area contributed by atoms with Crippen molar-refractivity contribution in [1.29, 1.82) is 0 Å². The quantitative estimate of drug-likeness (QED) is 0.315. The third kappa shape index (κ3) is 6.36. The van der Waals surface area contributed by atoms with Crippen molar-refractivity contribution >= 4 is 0 Å². The van der Waals surface area contributed by atoms with Crippen LogP contribution in [-0.2, 0) is 6.18 Å². The van der Waals surface area contributed by atoms with Crippen molar-refractivity contribution in [3.8, 4) is 11.5 Å². The summed E-state index contributed by atoms with van der Waals surface area (Å²) in [5.41, 5.74) is -0.189. The summed E-state index contributed by atoms with van der Waals surface area (Å²) in [5.74, 6) is 0.0636. The van der Waals surface area contributed by atoms with Crippen LogP contribution in [0.2, 0.25) is 0 Å². The number of aliphatic hydroxyl groups excluding tert-OH is 1. The van der Waals surface area contributed by atoms with E-state index in [9.17, 15) is 35.8 Å². The normalized spacial score (nSPS) is 16.0. The summed E-state index contributed by atoms with van der Waals surface area (Å²) in [7, 11) is 0. The van der Waals surface area contributed by atoms with Crippen LogP contribution in [0.25, 0.3) is 0 Å². The molecule has 0 saturated heterocycles. The second-order valence-corrected chi connectivity index (χ2v) is 8.65. The summed E-state index contributed by atoms with van der Waals surface area (Å²) in [6, 6.07) is 14.0. The minimum absolute atomic E-state index is 0.235. The lowest BCUT2D eigenvalue weighted by atomic mass is 9.96. The monoisotopic (exact) mass is 513 g/mol. The molecule has 10 heteroatoms. The number of rotatable bonds is 8. The van der Waals surface area contributed by atoms with Gasteiger partial charge in [0.25, 0.3) is 0 Å². The molecule has 0 amide bonds. The number of aliphatic hydroxyl groups is 1. The Morgan fingerprint density at radius 1 is 0.889 bits per heavy atom. The number of halogens is 7. The zero-order valence-corrected chi connectivity index (χ0v) is 18.7. The average Bonchev–Trinajstić information content (AvgIpc) is 3.65. The predicted molar refractivity (Wildman–Crippen MR) is 118 cm³/mol. The van der Waals surface area contributed by atoms with Crippen molar-refractivity contribution in [3.05, 3.63) is 94.8 Å². The molecule has 2 atom stereocenters. The highest BCUT2D eigenvalue weighted by Gasteiger charge is 2.38. The summed E-state index contributed by atoms with van der Waals surface area (Å²) in [4.78, 5) is 0. The fourth-order valence-electron chi connectivity index (χ4n) is 3.83. The van der Waals surface area contributed by atoms with E-state index in [-0.39, 0.29) is 17.2 Å². The third-order valence-corrected chi connectivity index (χ3v) is 5.87. The van der Waals surface area contributed by atoms with Gasteiger partial charge in [0, 0.05) is 12.1 Å². The molecule has 1 unspecified atom stereocenters. The van der Waals surface area contributed by atoms with Crippen LogP contribution in [0, 0.1) is 5.82 Å². The van der Waals surface area contributed by atoms with Crippen LogP contribution >= 0.6 is 0 Å². The first kappa shape index (κ1) is 26.0. The maximum absolute atomic E-state index is 14.8. The smallest absolute Gasteiger partial charge is 0.416 e. The van der Waals surface area contributed by atoms with Crippen LogP contribution in [-0.4, -0.2) is 23.9 Å². The van der Waals surface area contributed by atoms with Crippen molar-refractivity contribution in [1.82, 2.24) is 5.32 Å². The molecular formula is C26H22F7NO2. The number of nitrogens with one attached hydrogen (secondary N) is 1. The molecule has 1 fully saturated rings. The molecule has 0 heterocycles. The molecule has 0 aromatic heterocycles. The maximum Gasteiger partial charge on any atom is 0.416 e. The van der Waals surface area contributed by atoms with E-state index in [4.69, 9.17) is 4.74 Å². The molecule has 3 nitrogen and oxygen atoms in total.